The van der Waals surface area contributed by atoms with Gasteiger partial charge in [0.25, 0.3) is 5.92 Å². The number of nitrogens with one attached hydrogen (secondary N) is 1. The normalized spacial score (nSPS) is 22.1. The molecule has 0 saturated carbocycles. The van der Waals surface area contributed by atoms with E-state index in [1.807, 2.05) is 0 Å². The maximum Gasteiger partial charge on any atom is 0.251 e. The highest BCUT2D eigenvalue weighted by molar-refractivity contribution is 6.30. The number of halogens is 3. The van der Waals surface area contributed by atoms with E-state index in [-0.39, 0.29) is 25.9 Å². The fourth-order valence-electron chi connectivity index (χ4n) is 2.07. The first kappa shape index (κ1) is 14.0. The number of alkyl halides is 2. The number of aromatic nitrogens is 1. The van der Waals surface area contributed by atoms with Gasteiger partial charge in [-0.1, -0.05) is 11.6 Å². The fraction of sp³-hybridized carbons (Fsp3) is 0.500. The number of likely N-dealkylation sites (tertiary alicyclic amines) is 1. The van der Waals surface area contributed by atoms with Gasteiger partial charge in [-0.2, -0.15) is 0 Å². The summed E-state index contributed by atoms with van der Waals surface area (Å²) < 4.78 is 26.7. The standard InChI is InChI=1S/C12H14ClF2N3O/c13-9-1-2-11(16-6-9)17-7-10-5-12(14,15)3-4-18(10)8-19/h1-2,6,8,10H,3-5,7H2,(H,16,17). The highest BCUT2D eigenvalue weighted by Gasteiger charge is 2.39. The Labute approximate surface area is 114 Å². The Morgan fingerprint density at radius 3 is 3.00 bits per heavy atom. The zero-order valence-electron chi connectivity index (χ0n) is 10.2. The molecule has 0 aliphatic carbocycles. The van der Waals surface area contributed by atoms with Crippen molar-refractivity contribution < 1.29 is 13.6 Å². The molecule has 104 valence electrons. The first-order valence-electron chi connectivity index (χ1n) is 5.94. The zero-order valence-corrected chi connectivity index (χ0v) is 10.9. The molecule has 0 bridgehead atoms. The van der Waals surface area contributed by atoms with E-state index in [9.17, 15) is 13.6 Å². The van der Waals surface area contributed by atoms with Crippen LogP contribution in [0.15, 0.2) is 18.3 Å². The second-order valence-corrected chi connectivity index (χ2v) is 4.99. The van der Waals surface area contributed by atoms with Crippen LogP contribution in [0.3, 0.4) is 0 Å². The predicted octanol–water partition coefficient (Wildman–Crippen LogP) is 2.40. The van der Waals surface area contributed by atoms with Crippen molar-refractivity contribution in [3.8, 4) is 0 Å². The van der Waals surface area contributed by atoms with Gasteiger partial charge in [-0.3, -0.25) is 4.79 Å². The molecule has 0 radical (unpaired) electrons. The molecule has 1 atom stereocenters. The molecule has 1 N–H and O–H groups in total. The van der Waals surface area contributed by atoms with Crippen molar-refractivity contribution in [2.24, 2.45) is 0 Å². The number of amides is 1. The van der Waals surface area contributed by atoms with Gasteiger partial charge in [-0.25, -0.2) is 13.8 Å². The number of hydrogen-bond donors (Lipinski definition) is 1. The number of rotatable bonds is 4. The quantitative estimate of drug-likeness (QED) is 0.866. The first-order chi connectivity index (χ1) is 9.00. The van der Waals surface area contributed by atoms with E-state index in [1.54, 1.807) is 12.1 Å². The molecular formula is C12H14ClF2N3O. The van der Waals surface area contributed by atoms with Gasteiger partial charge in [-0.15, -0.1) is 0 Å². The van der Waals surface area contributed by atoms with E-state index < -0.39 is 12.0 Å². The molecule has 1 unspecified atom stereocenters. The molecule has 1 amide bonds. The number of pyridine rings is 1. The summed E-state index contributed by atoms with van der Waals surface area (Å²) in [6.07, 6.45) is 1.49. The van der Waals surface area contributed by atoms with E-state index in [0.29, 0.717) is 17.3 Å². The van der Waals surface area contributed by atoms with Crippen molar-refractivity contribution in [2.75, 3.05) is 18.4 Å². The van der Waals surface area contributed by atoms with E-state index in [0.717, 1.165) is 0 Å². The minimum absolute atomic E-state index is 0.0803. The maximum atomic E-state index is 13.3. The van der Waals surface area contributed by atoms with E-state index in [1.165, 1.54) is 11.1 Å². The molecule has 1 fully saturated rings. The molecule has 1 saturated heterocycles. The zero-order chi connectivity index (χ0) is 13.9. The lowest BCUT2D eigenvalue weighted by Crippen LogP contribution is -2.49. The Morgan fingerprint density at radius 1 is 1.58 bits per heavy atom. The van der Waals surface area contributed by atoms with Gasteiger partial charge in [0, 0.05) is 32.1 Å². The molecule has 1 aromatic heterocycles. The van der Waals surface area contributed by atoms with Crippen molar-refractivity contribution >= 4 is 23.8 Å². The molecule has 19 heavy (non-hydrogen) atoms. The first-order valence-corrected chi connectivity index (χ1v) is 6.32. The lowest BCUT2D eigenvalue weighted by molar-refractivity contribution is -0.129. The van der Waals surface area contributed by atoms with Gasteiger partial charge in [0.15, 0.2) is 0 Å². The number of carbonyl (C=O) groups is 1. The number of anilines is 1. The summed E-state index contributed by atoms with van der Waals surface area (Å²) in [7, 11) is 0. The SMILES string of the molecule is O=CN1CCC(F)(F)CC1CNc1ccc(Cl)cn1. The fourth-order valence-corrected chi connectivity index (χ4v) is 2.18. The van der Waals surface area contributed by atoms with Crippen molar-refractivity contribution in [3.63, 3.8) is 0 Å². The van der Waals surface area contributed by atoms with Crippen LogP contribution in [0.1, 0.15) is 12.8 Å². The third kappa shape index (κ3) is 3.76. The Morgan fingerprint density at radius 2 is 2.37 bits per heavy atom. The van der Waals surface area contributed by atoms with Crippen LogP contribution in [0.2, 0.25) is 5.02 Å². The third-order valence-electron chi connectivity index (χ3n) is 3.12. The van der Waals surface area contributed by atoms with Crippen LogP contribution in [0.4, 0.5) is 14.6 Å². The largest absolute Gasteiger partial charge is 0.368 e. The molecule has 1 aromatic rings. The highest BCUT2D eigenvalue weighted by Crippen LogP contribution is 2.31. The van der Waals surface area contributed by atoms with Gasteiger partial charge in [0.05, 0.1) is 11.1 Å². The Bertz CT molecular complexity index is 441. The lowest BCUT2D eigenvalue weighted by Gasteiger charge is -2.37. The van der Waals surface area contributed by atoms with Crippen molar-refractivity contribution in [3.05, 3.63) is 23.4 Å². The predicted molar refractivity (Wildman–Crippen MR) is 68.5 cm³/mol. The van der Waals surface area contributed by atoms with E-state index in [4.69, 9.17) is 11.6 Å². The van der Waals surface area contributed by atoms with Crippen LogP contribution >= 0.6 is 11.6 Å². The van der Waals surface area contributed by atoms with Crippen LogP contribution in [0.25, 0.3) is 0 Å². The van der Waals surface area contributed by atoms with Crippen LogP contribution < -0.4 is 5.32 Å². The summed E-state index contributed by atoms with van der Waals surface area (Å²) in [6, 6.07) is 2.79. The molecule has 4 nitrogen and oxygen atoms in total. The number of piperidine rings is 1. The smallest absolute Gasteiger partial charge is 0.251 e. The summed E-state index contributed by atoms with van der Waals surface area (Å²) in [6.45, 7) is 0.319. The van der Waals surface area contributed by atoms with Gasteiger partial charge >= 0.3 is 0 Å². The minimum atomic E-state index is -2.71. The second kappa shape index (κ2) is 5.69. The average Bonchev–Trinajstić information content (AvgIpc) is 2.37. The second-order valence-electron chi connectivity index (χ2n) is 4.55. The highest BCUT2D eigenvalue weighted by atomic mass is 35.5. The number of nitrogens with zero attached hydrogens (tertiary/aromatic N) is 2. The molecule has 1 aliphatic rings. The molecule has 7 heteroatoms. The Kier molecular flexibility index (Phi) is 4.19. The monoisotopic (exact) mass is 289 g/mol. The average molecular weight is 290 g/mol. The van der Waals surface area contributed by atoms with Gasteiger partial charge in [-0.05, 0) is 12.1 Å². The summed E-state index contributed by atoms with van der Waals surface area (Å²) in [4.78, 5) is 16.3. The summed E-state index contributed by atoms with van der Waals surface area (Å²) in [5.74, 6) is -2.16. The topological polar surface area (TPSA) is 45.2 Å². The molecule has 2 heterocycles. The van der Waals surface area contributed by atoms with Gasteiger partial charge < -0.3 is 10.2 Å². The molecule has 0 aromatic carbocycles. The van der Waals surface area contributed by atoms with E-state index >= 15 is 0 Å². The number of hydrogen-bond acceptors (Lipinski definition) is 3. The Hall–Kier alpha value is -1.43. The van der Waals surface area contributed by atoms with Gasteiger partial charge in [0.2, 0.25) is 6.41 Å². The molecule has 2 rings (SSSR count). The Balaban J connectivity index is 1.95. The maximum absolute atomic E-state index is 13.3. The van der Waals surface area contributed by atoms with Crippen LogP contribution in [0, 0.1) is 0 Å². The van der Waals surface area contributed by atoms with Crippen LogP contribution in [-0.2, 0) is 4.79 Å². The summed E-state index contributed by atoms with van der Waals surface area (Å²) in [5.41, 5.74) is 0. The molecule has 0 spiro atoms. The molecular weight excluding hydrogens is 276 g/mol. The lowest BCUT2D eigenvalue weighted by atomic mass is 9.99. The van der Waals surface area contributed by atoms with Crippen molar-refractivity contribution in [2.45, 2.75) is 24.8 Å². The van der Waals surface area contributed by atoms with Crippen LogP contribution in [0.5, 0.6) is 0 Å². The van der Waals surface area contributed by atoms with Crippen molar-refractivity contribution in [1.29, 1.82) is 0 Å². The van der Waals surface area contributed by atoms with Crippen molar-refractivity contribution in [1.82, 2.24) is 9.88 Å². The van der Waals surface area contributed by atoms with Gasteiger partial charge in [0.1, 0.15) is 5.82 Å². The van der Waals surface area contributed by atoms with E-state index in [2.05, 4.69) is 10.3 Å². The molecule has 1 aliphatic heterocycles. The minimum Gasteiger partial charge on any atom is -0.368 e. The summed E-state index contributed by atoms with van der Waals surface area (Å²) >= 11 is 5.70. The van der Waals surface area contributed by atoms with Crippen LogP contribution in [-0.4, -0.2) is 41.3 Å². The third-order valence-corrected chi connectivity index (χ3v) is 3.34. The summed E-state index contributed by atoms with van der Waals surface area (Å²) in [5, 5.41) is 3.44. The number of carbonyl (C=O) groups excluding carboxylic acids is 1.